The number of aryl methyl sites for hydroxylation is 2. The maximum atomic E-state index is 7.38. The molecule has 0 N–H and O–H groups in total. The molecule has 0 saturated heterocycles. The third-order valence-electron chi connectivity index (χ3n) is 11.3. The molecule has 4 aromatic rings. The Morgan fingerprint density at radius 3 is 1.30 bits per heavy atom. The van der Waals surface area contributed by atoms with Crippen molar-refractivity contribution in [2.45, 2.75) is 146 Å². The molecular weight excluding hydrogens is 685 g/mol. The SMILES string of the molecule is C=S1Cc2cc(C(C)(C)C)cc(-c3ccccc3C)c2OC(C)(C)Oc2c(cc(C(C)(C)C)cc2-c2ccccc2C)CS(=C)C2CCCCCCC21. The molecular formula is C49H64O2S2. The number of hydrogen-bond donors (Lipinski definition) is 0. The van der Waals surface area contributed by atoms with Crippen molar-refractivity contribution in [3.05, 3.63) is 106 Å². The molecule has 1 saturated carbocycles. The molecule has 2 aliphatic rings. The Morgan fingerprint density at radius 1 is 0.566 bits per heavy atom. The van der Waals surface area contributed by atoms with Crippen molar-refractivity contribution in [3.8, 4) is 33.8 Å². The Bertz CT molecular complexity index is 1860. The third kappa shape index (κ3) is 8.91. The topological polar surface area (TPSA) is 18.5 Å². The molecule has 1 heterocycles. The van der Waals surface area contributed by atoms with Gasteiger partial charge in [0.05, 0.1) is 0 Å². The minimum atomic E-state index is -0.986. The van der Waals surface area contributed by atoms with E-state index in [0.29, 0.717) is 10.5 Å². The van der Waals surface area contributed by atoms with E-state index in [2.05, 4.69) is 142 Å². The fourth-order valence-electron chi connectivity index (χ4n) is 8.15. The molecule has 0 aromatic heterocycles. The molecule has 4 atom stereocenters. The van der Waals surface area contributed by atoms with Crippen LogP contribution in [0.3, 0.4) is 0 Å². The summed E-state index contributed by atoms with van der Waals surface area (Å²) in [5.74, 6) is 12.8. The van der Waals surface area contributed by atoms with Crippen LogP contribution in [0.15, 0.2) is 72.8 Å². The molecule has 0 amide bonds. The van der Waals surface area contributed by atoms with Crippen LogP contribution in [0.5, 0.6) is 11.5 Å². The van der Waals surface area contributed by atoms with Crippen LogP contribution in [0, 0.1) is 13.8 Å². The summed E-state index contributed by atoms with van der Waals surface area (Å²) in [5, 5.41) is 1.04. The molecule has 1 fully saturated rings. The molecule has 4 heteroatoms. The highest BCUT2D eigenvalue weighted by Gasteiger charge is 2.34. The molecule has 0 bridgehead atoms. The van der Waals surface area contributed by atoms with Gasteiger partial charge in [-0.2, -0.15) is 21.0 Å². The first-order chi connectivity index (χ1) is 24.9. The van der Waals surface area contributed by atoms with Crippen molar-refractivity contribution < 1.29 is 9.47 Å². The van der Waals surface area contributed by atoms with Gasteiger partial charge in [-0.15, -0.1) is 0 Å². The number of rotatable bonds is 2. The first-order valence-corrected chi connectivity index (χ1v) is 23.0. The van der Waals surface area contributed by atoms with Crippen LogP contribution < -0.4 is 9.47 Å². The highest BCUT2D eigenvalue weighted by atomic mass is 32.2. The number of fused-ring (bicyclic) bond motifs is 3. The molecule has 0 radical (unpaired) electrons. The lowest BCUT2D eigenvalue weighted by molar-refractivity contribution is -0.0811. The van der Waals surface area contributed by atoms with Crippen LogP contribution in [0.1, 0.15) is 127 Å². The van der Waals surface area contributed by atoms with E-state index in [1.807, 2.05) is 0 Å². The Balaban J connectivity index is 1.66. The van der Waals surface area contributed by atoms with Gasteiger partial charge in [0.25, 0.3) is 0 Å². The van der Waals surface area contributed by atoms with E-state index in [1.165, 1.54) is 83.0 Å². The molecule has 0 spiro atoms. The van der Waals surface area contributed by atoms with Gasteiger partial charge in [0.2, 0.25) is 5.79 Å². The van der Waals surface area contributed by atoms with Gasteiger partial charge in [-0.3, -0.25) is 0 Å². The van der Waals surface area contributed by atoms with E-state index in [1.54, 1.807) is 0 Å². The first kappa shape index (κ1) is 39.6. The smallest absolute Gasteiger partial charge is 0.245 e. The van der Waals surface area contributed by atoms with E-state index in [0.717, 1.165) is 34.1 Å². The molecule has 4 aromatic carbocycles. The summed E-state index contributed by atoms with van der Waals surface area (Å²) >= 11 is 0. The third-order valence-corrected chi connectivity index (χ3v) is 15.7. The largest absolute Gasteiger partial charge is 0.452 e. The maximum absolute atomic E-state index is 7.38. The average Bonchev–Trinajstić information content (AvgIpc) is 3.05. The van der Waals surface area contributed by atoms with Crippen LogP contribution in [0.2, 0.25) is 0 Å². The van der Waals surface area contributed by atoms with Crippen molar-refractivity contribution in [1.29, 1.82) is 0 Å². The highest BCUT2D eigenvalue weighted by molar-refractivity contribution is 8.17. The van der Waals surface area contributed by atoms with E-state index >= 15 is 0 Å². The second-order valence-corrected chi connectivity index (χ2v) is 22.1. The molecule has 2 nitrogen and oxygen atoms in total. The molecule has 1 aliphatic heterocycles. The molecule has 4 unspecified atom stereocenters. The summed E-state index contributed by atoms with van der Waals surface area (Å²) in [4.78, 5) is 0. The molecule has 284 valence electrons. The predicted molar refractivity (Wildman–Crippen MR) is 238 cm³/mol. The Hall–Kier alpha value is -3.08. The minimum absolute atomic E-state index is 0.0336. The van der Waals surface area contributed by atoms with Gasteiger partial charge in [0.1, 0.15) is 11.5 Å². The van der Waals surface area contributed by atoms with Gasteiger partial charge in [0.15, 0.2) is 0 Å². The lowest BCUT2D eigenvalue weighted by Crippen LogP contribution is -2.36. The van der Waals surface area contributed by atoms with Gasteiger partial charge in [-0.05, 0) is 83.0 Å². The van der Waals surface area contributed by atoms with Gasteiger partial charge >= 0.3 is 0 Å². The lowest BCUT2D eigenvalue weighted by atomic mass is 9.83. The summed E-state index contributed by atoms with van der Waals surface area (Å²) in [6, 6.07) is 27.1. The van der Waals surface area contributed by atoms with Crippen molar-refractivity contribution in [3.63, 3.8) is 0 Å². The van der Waals surface area contributed by atoms with Crippen molar-refractivity contribution in [2.75, 3.05) is 0 Å². The van der Waals surface area contributed by atoms with Gasteiger partial charge in [-0.25, -0.2) is 0 Å². The zero-order valence-corrected chi connectivity index (χ0v) is 35.9. The van der Waals surface area contributed by atoms with Gasteiger partial charge in [0, 0.05) is 58.1 Å². The Labute approximate surface area is 327 Å². The summed E-state index contributed by atoms with van der Waals surface area (Å²) in [7, 11) is -0.242. The van der Waals surface area contributed by atoms with E-state index in [9.17, 15) is 0 Å². The summed E-state index contributed by atoms with van der Waals surface area (Å²) < 4.78 is 14.8. The first-order valence-electron chi connectivity index (χ1n) is 19.8. The fourth-order valence-corrected chi connectivity index (χ4v) is 12.9. The second-order valence-electron chi connectivity index (χ2n) is 18.2. The number of hydrogen-bond acceptors (Lipinski definition) is 2. The quantitative estimate of drug-likeness (QED) is 0.190. The zero-order chi connectivity index (χ0) is 38.3. The lowest BCUT2D eigenvalue weighted by Gasteiger charge is -2.34. The minimum Gasteiger partial charge on any atom is -0.452 e. The van der Waals surface area contributed by atoms with Gasteiger partial charge < -0.3 is 9.47 Å². The number of benzene rings is 4. The maximum Gasteiger partial charge on any atom is 0.245 e. The molecule has 53 heavy (non-hydrogen) atoms. The van der Waals surface area contributed by atoms with Crippen molar-refractivity contribution in [2.24, 2.45) is 0 Å². The molecule has 6 rings (SSSR count). The summed E-state index contributed by atoms with van der Waals surface area (Å²) in [5.41, 5.74) is 12.3. The van der Waals surface area contributed by atoms with Crippen LogP contribution in [-0.4, -0.2) is 28.0 Å². The standard InChI is InChI=1S/C49H64O2S2/c1-33-21-17-19-23-39(33)41-29-37(47(3,4)5)27-35-31-52(11)43-25-15-13-14-16-26-44(43)53(12)32-36-28-38(48(6,7)8)30-42(40-24-20-18-22-34(40)2)46(36)51-49(9,10)50-45(35)41/h17-24,27-30,43-44H,11-16,25-26,31-32H2,1-10H3. The Kier molecular flexibility index (Phi) is 11.6. The van der Waals surface area contributed by atoms with Crippen molar-refractivity contribution >= 4 is 32.7 Å². The summed E-state index contributed by atoms with van der Waals surface area (Å²) in [6.07, 6.45) is 7.63. The van der Waals surface area contributed by atoms with Crippen LogP contribution in [0.25, 0.3) is 22.3 Å². The Morgan fingerprint density at radius 2 is 0.943 bits per heavy atom. The zero-order valence-electron chi connectivity index (χ0n) is 34.3. The molecule has 1 aliphatic carbocycles. The average molecular weight is 749 g/mol. The predicted octanol–water partition coefficient (Wildman–Crippen LogP) is 13.9. The normalized spacial score (nSPS) is 22.5. The second kappa shape index (κ2) is 15.6. The van der Waals surface area contributed by atoms with Crippen molar-refractivity contribution in [1.82, 2.24) is 0 Å². The highest BCUT2D eigenvalue weighted by Crippen LogP contribution is 2.50. The number of ether oxygens (including phenoxy) is 2. The van der Waals surface area contributed by atoms with Crippen LogP contribution in [-0.2, 0) is 22.3 Å². The van der Waals surface area contributed by atoms with E-state index in [-0.39, 0.29) is 31.8 Å². The summed E-state index contributed by atoms with van der Waals surface area (Å²) in [6.45, 7) is 22.6. The van der Waals surface area contributed by atoms with E-state index < -0.39 is 5.79 Å². The fraction of sp³-hybridized carbons (Fsp3) is 0.469. The van der Waals surface area contributed by atoms with Gasteiger partial charge in [-0.1, -0.05) is 140 Å². The monoisotopic (exact) mass is 748 g/mol. The van der Waals surface area contributed by atoms with Crippen LogP contribution in [0.4, 0.5) is 0 Å². The van der Waals surface area contributed by atoms with Crippen LogP contribution >= 0.6 is 21.0 Å². The van der Waals surface area contributed by atoms with E-state index in [4.69, 9.17) is 21.2 Å².